The highest BCUT2D eigenvalue weighted by molar-refractivity contribution is 7.47. The van der Waals surface area contributed by atoms with Crippen molar-refractivity contribution in [2.24, 2.45) is 17.6 Å². The molecular weight excluding hydrogens is 713 g/mol. The van der Waals surface area contributed by atoms with E-state index in [1.807, 2.05) is 0 Å². The van der Waals surface area contributed by atoms with Gasteiger partial charge in [0.25, 0.3) is 0 Å². The van der Waals surface area contributed by atoms with Crippen LogP contribution in [0.15, 0.2) is 24.3 Å². The minimum absolute atomic E-state index is 0.0105. The number of unbranched alkanes of at least 4 members (excludes halogenated alkanes) is 16. The molecule has 0 bridgehead atoms. The summed E-state index contributed by atoms with van der Waals surface area (Å²) in [6.45, 7) is 3.26. The first-order valence-corrected chi connectivity index (χ1v) is 22.6. The monoisotopic (exact) mass is 790 g/mol. The summed E-state index contributed by atoms with van der Waals surface area (Å²) in [4.78, 5) is 35.1. The summed E-state index contributed by atoms with van der Waals surface area (Å²) in [7, 11) is -4.45. The van der Waals surface area contributed by atoms with E-state index in [0.717, 1.165) is 38.5 Å². The fourth-order valence-electron chi connectivity index (χ4n) is 6.72. The molecule has 0 saturated heterocycles. The number of carbonyl (C=O) groups is 2. The number of allylic oxidation sites excluding steroid dienone is 1. The van der Waals surface area contributed by atoms with Gasteiger partial charge >= 0.3 is 19.8 Å². The van der Waals surface area contributed by atoms with Crippen molar-refractivity contribution in [1.82, 2.24) is 0 Å². The molecule has 1 fully saturated rings. The SMILES string of the molecule is CCCCCCCCCCCCCCCCCC(=O)O[C@H](COC(=O)C/C=C\C[C@H]1[C@@H](/C=C/[C@H](O)CCCCC)[C@H](O)C[C@@H]1O)COP(=O)(O)OCCN. The Balaban J connectivity index is 2.46. The molecule has 1 unspecified atom stereocenters. The van der Waals surface area contributed by atoms with Gasteiger partial charge < -0.3 is 35.4 Å². The molecule has 13 heteroatoms. The van der Waals surface area contributed by atoms with Crippen LogP contribution in [0, 0.1) is 11.8 Å². The van der Waals surface area contributed by atoms with Crippen LogP contribution in [0.1, 0.15) is 162 Å². The second-order valence-electron chi connectivity index (χ2n) is 14.9. The Morgan fingerprint density at radius 2 is 1.35 bits per heavy atom. The van der Waals surface area contributed by atoms with E-state index >= 15 is 0 Å². The summed E-state index contributed by atoms with van der Waals surface area (Å²) in [5, 5.41) is 31.3. The first-order valence-electron chi connectivity index (χ1n) is 21.1. The number of nitrogens with two attached hydrogens (primary N) is 1. The van der Waals surface area contributed by atoms with Crippen LogP contribution in [0.5, 0.6) is 0 Å². The molecule has 0 amide bonds. The summed E-state index contributed by atoms with van der Waals surface area (Å²) in [5.74, 6) is -1.72. The average molecular weight is 790 g/mol. The van der Waals surface area contributed by atoms with Gasteiger partial charge in [-0.2, -0.15) is 0 Å². The summed E-state index contributed by atoms with van der Waals surface area (Å²) in [5.41, 5.74) is 5.34. The number of hydrogen-bond donors (Lipinski definition) is 5. The maximum absolute atomic E-state index is 12.6. The molecule has 0 radical (unpaired) electrons. The number of rotatable bonds is 35. The number of ether oxygens (including phenoxy) is 2. The van der Waals surface area contributed by atoms with Crippen LogP contribution >= 0.6 is 7.82 Å². The molecule has 0 aromatic heterocycles. The Bertz CT molecular complexity index is 1060. The summed E-state index contributed by atoms with van der Waals surface area (Å²) >= 11 is 0. The molecule has 1 rings (SSSR count). The van der Waals surface area contributed by atoms with Gasteiger partial charge in [0, 0.05) is 25.3 Å². The van der Waals surface area contributed by atoms with Crippen molar-refractivity contribution in [1.29, 1.82) is 0 Å². The highest BCUT2D eigenvalue weighted by Gasteiger charge is 2.39. The molecule has 1 saturated carbocycles. The second kappa shape index (κ2) is 32.5. The fourth-order valence-corrected chi connectivity index (χ4v) is 7.49. The molecule has 7 atom stereocenters. The fraction of sp³-hybridized carbons (Fsp3) is 0.854. The molecule has 6 N–H and O–H groups in total. The van der Waals surface area contributed by atoms with Gasteiger partial charge in [0.05, 0.1) is 37.9 Å². The minimum Gasteiger partial charge on any atom is -0.461 e. The Morgan fingerprint density at radius 1 is 0.778 bits per heavy atom. The maximum Gasteiger partial charge on any atom is 0.472 e. The van der Waals surface area contributed by atoms with Crippen molar-refractivity contribution >= 4 is 19.8 Å². The van der Waals surface area contributed by atoms with Gasteiger partial charge in [-0.25, -0.2) is 4.57 Å². The Hall–Kier alpha value is -1.63. The lowest BCUT2D eigenvalue weighted by Gasteiger charge is -2.20. The van der Waals surface area contributed by atoms with E-state index in [2.05, 4.69) is 13.8 Å². The van der Waals surface area contributed by atoms with E-state index in [-0.39, 0.29) is 50.9 Å². The van der Waals surface area contributed by atoms with Crippen LogP contribution in [0.2, 0.25) is 0 Å². The predicted molar refractivity (Wildman–Crippen MR) is 212 cm³/mol. The second-order valence-corrected chi connectivity index (χ2v) is 16.3. The molecule has 0 aromatic carbocycles. The Kier molecular flexibility index (Phi) is 30.3. The molecule has 12 nitrogen and oxygen atoms in total. The first kappa shape index (κ1) is 50.4. The average Bonchev–Trinajstić information content (AvgIpc) is 3.41. The van der Waals surface area contributed by atoms with Crippen LogP contribution in [0.25, 0.3) is 0 Å². The number of phosphoric acid groups is 1. The Labute approximate surface area is 326 Å². The van der Waals surface area contributed by atoms with Crippen molar-refractivity contribution < 1.29 is 52.9 Å². The third kappa shape index (κ3) is 26.3. The zero-order valence-electron chi connectivity index (χ0n) is 33.5. The van der Waals surface area contributed by atoms with Crippen molar-refractivity contribution in [3.63, 3.8) is 0 Å². The highest BCUT2D eigenvalue weighted by Crippen LogP contribution is 2.43. The molecule has 1 aliphatic carbocycles. The topological polar surface area (TPSA) is 195 Å². The zero-order chi connectivity index (χ0) is 39.9. The maximum atomic E-state index is 12.6. The van der Waals surface area contributed by atoms with E-state index < -0.39 is 50.8 Å². The van der Waals surface area contributed by atoms with Gasteiger partial charge in [0.2, 0.25) is 0 Å². The molecular formula is C41H76NO11P. The molecule has 0 aliphatic heterocycles. The largest absolute Gasteiger partial charge is 0.472 e. The number of aliphatic hydroxyl groups excluding tert-OH is 3. The number of aliphatic hydroxyl groups is 3. The summed E-state index contributed by atoms with van der Waals surface area (Å²) < 4.78 is 32.7. The van der Waals surface area contributed by atoms with Crippen LogP contribution in [-0.2, 0) is 32.7 Å². The number of carbonyl (C=O) groups excluding carboxylic acids is 2. The molecule has 1 aliphatic rings. The summed E-state index contributed by atoms with van der Waals surface area (Å²) in [6, 6.07) is 0. The molecule has 316 valence electrons. The standard InChI is InChI=1S/C41H76NO11P/c1-3-5-7-8-9-10-11-12-13-14-15-16-17-18-20-26-41(47)53-35(33-52-54(48,49)51-30-29-42)32-50-40(46)25-22-21-24-36-37(39(45)31-38(36)44)28-27-34(43)23-19-6-4-2/h21-22,27-28,34-39,43-45H,3-20,23-26,29-33,42H2,1-2H3,(H,48,49)/b22-21-,28-27+/t34-,35-,36+,37-,38+,39-/m1/s1. The minimum atomic E-state index is -4.45. The first-order chi connectivity index (χ1) is 26.0. The van der Waals surface area contributed by atoms with Gasteiger partial charge in [-0.3, -0.25) is 18.6 Å². The number of phosphoric ester groups is 1. The van der Waals surface area contributed by atoms with Crippen molar-refractivity contribution in [3.05, 3.63) is 24.3 Å². The molecule has 0 spiro atoms. The number of hydrogen-bond acceptors (Lipinski definition) is 11. The summed E-state index contributed by atoms with van der Waals surface area (Å²) in [6.07, 6.45) is 26.2. The molecule has 54 heavy (non-hydrogen) atoms. The molecule has 0 heterocycles. The van der Waals surface area contributed by atoms with E-state index in [4.69, 9.17) is 24.3 Å². The Morgan fingerprint density at radius 3 is 1.94 bits per heavy atom. The van der Waals surface area contributed by atoms with Crippen LogP contribution < -0.4 is 5.73 Å². The van der Waals surface area contributed by atoms with Crippen molar-refractivity contribution in [2.45, 2.75) is 186 Å². The smallest absolute Gasteiger partial charge is 0.461 e. The number of esters is 2. The van der Waals surface area contributed by atoms with Gasteiger partial charge in [0.15, 0.2) is 6.10 Å². The van der Waals surface area contributed by atoms with Gasteiger partial charge in [0.1, 0.15) is 6.61 Å². The lowest BCUT2D eigenvalue weighted by atomic mass is 9.89. The lowest BCUT2D eigenvalue weighted by Crippen LogP contribution is -2.29. The highest BCUT2D eigenvalue weighted by atomic mass is 31.2. The van der Waals surface area contributed by atoms with Crippen LogP contribution in [0.4, 0.5) is 0 Å². The molecule has 0 aromatic rings. The van der Waals surface area contributed by atoms with Gasteiger partial charge in [-0.1, -0.05) is 147 Å². The predicted octanol–water partition coefficient (Wildman–Crippen LogP) is 7.99. The van der Waals surface area contributed by atoms with Gasteiger partial charge in [-0.05, 0) is 25.2 Å². The third-order valence-corrected chi connectivity index (χ3v) is 10.9. The van der Waals surface area contributed by atoms with Crippen molar-refractivity contribution in [2.75, 3.05) is 26.4 Å². The normalized spacial score (nSPS) is 21.1. The van der Waals surface area contributed by atoms with E-state index in [0.29, 0.717) is 19.3 Å². The van der Waals surface area contributed by atoms with Gasteiger partial charge in [-0.15, -0.1) is 0 Å². The van der Waals surface area contributed by atoms with Crippen LogP contribution in [0.3, 0.4) is 0 Å². The van der Waals surface area contributed by atoms with Crippen LogP contribution in [-0.4, -0.2) is 82.9 Å². The zero-order valence-corrected chi connectivity index (χ0v) is 34.4. The van der Waals surface area contributed by atoms with E-state index in [9.17, 15) is 34.4 Å². The van der Waals surface area contributed by atoms with E-state index in [1.165, 1.54) is 70.6 Å². The quantitative estimate of drug-likeness (QED) is 0.0180. The lowest BCUT2D eigenvalue weighted by molar-refractivity contribution is -0.160. The van der Waals surface area contributed by atoms with Crippen molar-refractivity contribution in [3.8, 4) is 0 Å². The third-order valence-electron chi connectivity index (χ3n) is 9.94. The van der Waals surface area contributed by atoms with E-state index in [1.54, 1.807) is 24.3 Å².